The van der Waals surface area contributed by atoms with Crippen molar-refractivity contribution >= 4 is 27.3 Å². The van der Waals surface area contributed by atoms with Gasteiger partial charge in [-0.25, -0.2) is 4.39 Å². The van der Waals surface area contributed by atoms with Gasteiger partial charge in [-0.15, -0.1) is 0 Å². The Hall–Kier alpha value is -0.750. The highest BCUT2D eigenvalue weighted by atomic mass is 79.9. The van der Waals surface area contributed by atoms with Gasteiger partial charge < -0.3 is 0 Å². The molecule has 0 saturated carbocycles. The Morgan fingerprint density at radius 2 is 2.17 bits per heavy atom. The van der Waals surface area contributed by atoms with E-state index in [9.17, 15) is 4.39 Å². The first-order valence-corrected chi connectivity index (χ1v) is 7.34. The van der Waals surface area contributed by atoms with E-state index < -0.39 is 0 Å². The molecule has 1 unspecified atom stereocenters. The van der Waals surface area contributed by atoms with E-state index in [0.717, 1.165) is 12.0 Å². The largest absolute Gasteiger partial charge is 0.271 e. The van der Waals surface area contributed by atoms with Crippen LogP contribution in [0.4, 0.5) is 4.39 Å². The van der Waals surface area contributed by atoms with Gasteiger partial charge in [-0.3, -0.25) is 11.3 Å². The molecule has 0 aliphatic heterocycles. The van der Waals surface area contributed by atoms with Gasteiger partial charge in [0.2, 0.25) is 0 Å². The fraction of sp³-hybridized carbons (Fsp3) is 0.231. The van der Waals surface area contributed by atoms with E-state index in [-0.39, 0.29) is 11.9 Å². The molecule has 1 atom stereocenters. The number of halogens is 2. The quantitative estimate of drug-likeness (QED) is 0.653. The number of thiophene rings is 1. The molecule has 1 heterocycles. The molecule has 0 amide bonds. The molecule has 18 heavy (non-hydrogen) atoms. The van der Waals surface area contributed by atoms with Crippen molar-refractivity contribution in [2.45, 2.75) is 18.9 Å². The van der Waals surface area contributed by atoms with Crippen LogP contribution in [0.3, 0.4) is 0 Å². The Kier molecular flexibility index (Phi) is 4.88. The molecule has 5 heteroatoms. The minimum absolute atomic E-state index is 0.0951. The Bertz CT molecular complexity index is 502. The third kappa shape index (κ3) is 3.38. The lowest BCUT2D eigenvalue weighted by atomic mass is 10.0. The molecule has 1 aromatic carbocycles. The Morgan fingerprint density at radius 1 is 1.33 bits per heavy atom. The normalized spacial score (nSPS) is 12.6. The molecule has 0 spiro atoms. The zero-order valence-corrected chi connectivity index (χ0v) is 12.1. The summed E-state index contributed by atoms with van der Waals surface area (Å²) in [6, 6.07) is 7.24. The van der Waals surface area contributed by atoms with Crippen LogP contribution in [0.1, 0.15) is 11.1 Å². The number of nitrogens with two attached hydrogens (primary N) is 1. The second-order valence-corrected chi connectivity index (χ2v) is 5.69. The van der Waals surface area contributed by atoms with E-state index in [4.69, 9.17) is 5.84 Å². The first-order valence-electron chi connectivity index (χ1n) is 5.61. The number of rotatable bonds is 5. The minimum Gasteiger partial charge on any atom is -0.271 e. The van der Waals surface area contributed by atoms with Gasteiger partial charge in [-0.1, -0.05) is 12.1 Å². The highest BCUT2D eigenvalue weighted by molar-refractivity contribution is 9.10. The van der Waals surface area contributed by atoms with Crippen LogP contribution in [-0.2, 0) is 12.8 Å². The van der Waals surface area contributed by atoms with Crippen molar-refractivity contribution < 1.29 is 4.39 Å². The number of hydrazine groups is 1. The molecular weight excluding hydrogens is 315 g/mol. The predicted molar refractivity (Wildman–Crippen MR) is 76.9 cm³/mol. The fourth-order valence-corrected chi connectivity index (χ4v) is 2.96. The first-order chi connectivity index (χ1) is 8.70. The summed E-state index contributed by atoms with van der Waals surface area (Å²) in [7, 11) is 0. The average molecular weight is 329 g/mol. The van der Waals surface area contributed by atoms with Crippen LogP contribution in [0.25, 0.3) is 0 Å². The van der Waals surface area contributed by atoms with Crippen molar-refractivity contribution in [3.8, 4) is 0 Å². The van der Waals surface area contributed by atoms with Gasteiger partial charge in [0.05, 0.1) is 4.47 Å². The van der Waals surface area contributed by atoms with Crippen LogP contribution in [0.15, 0.2) is 39.5 Å². The number of hydrogen-bond donors (Lipinski definition) is 2. The number of nitrogens with one attached hydrogen (secondary N) is 1. The van der Waals surface area contributed by atoms with E-state index >= 15 is 0 Å². The molecule has 2 nitrogen and oxygen atoms in total. The summed E-state index contributed by atoms with van der Waals surface area (Å²) in [4.78, 5) is 0. The van der Waals surface area contributed by atoms with Crippen molar-refractivity contribution in [2.24, 2.45) is 5.84 Å². The van der Waals surface area contributed by atoms with Gasteiger partial charge in [0, 0.05) is 6.04 Å². The van der Waals surface area contributed by atoms with Crippen molar-refractivity contribution in [2.75, 3.05) is 0 Å². The van der Waals surface area contributed by atoms with E-state index in [1.807, 2.05) is 11.4 Å². The summed E-state index contributed by atoms with van der Waals surface area (Å²) in [5.41, 5.74) is 4.97. The Balaban J connectivity index is 2.08. The summed E-state index contributed by atoms with van der Waals surface area (Å²) in [5.74, 6) is 5.33. The van der Waals surface area contributed by atoms with Crippen molar-refractivity contribution in [3.63, 3.8) is 0 Å². The van der Waals surface area contributed by atoms with Crippen molar-refractivity contribution in [3.05, 3.63) is 56.4 Å². The average Bonchev–Trinajstić information content (AvgIpc) is 2.86. The molecule has 0 aliphatic carbocycles. The topological polar surface area (TPSA) is 38.0 Å². The second-order valence-electron chi connectivity index (χ2n) is 4.12. The summed E-state index contributed by atoms with van der Waals surface area (Å²) >= 11 is 4.94. The molecule has 3 N–H and O–H groups in total. The summed E-state index contributed by atoms with van der Waals surface area (Å²) in [6.45, 7) is 0. The van der Waals surface area contributed by atoms with Crippen LogP contribution < -0.4 is 11.3 Å². The third-order valence-electron chi connectivity index (χ3n) is 2.80. The second kappa shape index (κ2) is 6.43. The zero-order valence-electron chi connectivity index (χ0n) is 9.70. The standard InChI is InChI=1S/C13H14BrFN2S/c14-13-10(2-1-3-12(13)15)7-11(17-16)6-9-4-5-18-8-9/h1-5,8,11,17H,6-7,16H2. The zero-order chi connectivity index (χ0) is 13.0. The molecule has 0 aliphatic rings. The molecular formula is C13H14BrFN2S. The Morgan fingerprint density at radius 3 is 2.83 bits per heavy atom. The van der Waals surface area contributed by atoms with Gasteiger partial charge in [0.1, 0.15) is 5.82 Å². The maximum Gasteiger partial charge on any atom is 0.137 e. The van der Waals surface area contributed by atoms with E-state index in [2.05, 4.69) is 32.8 Å². The van der Waals surface area contributed by atoms with Crippen LogP contribution >= 0.6 is 27.3 Å². The summed E-state index contributed by atoms with van der Waals surface area (Å²) in [5, 5.41) is 4.14. The molecule has 0 saturated heterocycles. The van der Waals surface area contributed by atoms with Gasteiger partial charge >= 0.3 is 0 Å². The third-order valence-corrected chi connectivity index (χ3v) is 4.42. The van der Waals surface area contributed by atoms with E-state index in [0.29, 0.717) is 10.9 Å². The van der Waals surface area contributed by atoms with E-state index in [1.54, 1.807) is 17.4 Å². The van der Waals surface area contributed by atoms with Gasteiger partial charge in [-0.2, -0.15) is 11.3 Å². The monoisotopic (exact) mass is 328 g/mol. The van der Waals surface area contributed by atoms with Crippen LogP contribution in [-0.4, -0.2) is 6.04 Å². The highest BCUT2D eigenvalue weighted by Crippen LogP contribution is 2.22. The lowest BCUT2D eigenvalue weighted by Gasteiger charge is -2.16. The summed E-state index contributed by atoms with van der Waals surface area (Å²) in [6.07, 6.45) is 1.52. The maximum absolute atomic E-state index is 13.4. The highest BCUT2D eigenvalue weighted by Gasteiger charge is 2.13. The van der Waals surface area contributed by atoms with Gasteiger partial charge in [0.15, 0.2) is 0 Å². The van der Waals surface area contributed by atoms with Gasteiger partial charge in [0.25, 0.3) is 0 Å². The lowest BCUT2D eigenvalue weighted by Crippen LogP contribution is -2.38. The molecule has 0 bridgehead atoms. The maximum atomic E-state index is 13.4. The molecule has 2 rings (SSSR count). The van der Waals surface area contributed by atoms with Crippen LogP contribution in [0, 0.1) is 5.82 Å². The minimum atomic E-state index is -0.237. The van der Waals surface area contributed by atoms with Crippen LogP contribution in [0.2, 0.25) is 0 Å². The number of hydrogen-bond acceptors (Lipinski definition) is 3. The summed E-state index contributed by atoms with van der Waals surface area (Å²) < 4.78 is 13.9. The molecule has 0 fully saturated rings. The van der Waals surface area contributed by atoms with Crippen LogP contribution in [0.5, 0.6) is 0 Å². The van der Waals surface area contributed by atoms with Crippen molar-refractivity contribution in [1.82, 2.24) is 5.43 Å². The molecule has 0 radical (unpaired) electrons. The molecule has 96 valence electrons. The molecule has 2 aromatic rings. The van der Waals surface area contributed by atoms with Crippen molar-refractivity contribution in [1.29, 1.82) is 0 Å². The predicted octanol–water partition coefficient (Wildman–Crippen LogP) is 3.27. The molecule has 1 aromatic heterocycles. The van der Waals surface area contributed by atoms with E-state index in [1.165, 1.54) is 11.6 Å². The smallest absolute Gasteiger partial charge is 0.137 e. The Labute approximate surface area is 118 Å². The first kappa shape index (κ1) is 13.7. The number of benzene rings is 1. The van der Waals surface area contributed by atoms with Gasteiger partial charge in [-0.05, 0) is 62.8 Å². The lowest BCUT2D eigenvalue weighted by molar-refractivity contribution is 0.519. The fourth-order valence-electron chi connectivity index (χ4n) is 1.85. The SMILES string of the molecule is NNC(Cc1ccsc1)Cc1cccc(F)c1Br.